The molecule has 1 saturated heterocycles. The summed E-state index contributed by atoms with van der Waals surface area (Å²) in [5.41, 5.74) is -3.37. The molecule has 11 heteroatoms. The van der Waals surface area contributed by atoms with Crippen LogP contribution < -0.4 is 10.6 Å². The summed E-state index contributed by atoms with van der Waals surface area (Å²) in [6.45, 7) is 1.58. The van der Waals surface area contributed by atoms with E-state index in [0.29, 0.717) is 26.4 Å². The van der Waals surface area contributed by atoms with Gasteiger partial charge in [-0.2, -0.15) is 13.2 Å². The van der Waals surface area contributed by atoms with Crippen molar-refractivity contribution in [2.24, 2.45) is 0 Å². The maximum absolute atomic E-state index is 14.6. The predicted octanol–water partition coefficient (Wildman–Crippen LogP) is 3.42. The third-order valence-corrected chi connectivity index (χ3v) is 5.44. The molecule has 1 aliphatic heterocycles. The molecule has 3 aromatic rings. The number of piperidine rings is 1. The number of nitrogens with zero attached hydrogens (tertiary/aromatic N) is 3. The summed E-state index contributed by atoms with van der Waals surface area (Å²) in [6.07, 6.45) is -3.35. The van der Waals surface area contributed by atoms with Crippen molar-refractivity contribution >= 4 is 11.5 Å². The highest BCUT2D eigenvalue weighted by molar-refractivity contribution is 5.63. The third kappa shape index (κ3) is 3.94. The van der Waals surface area contributed by atoms with Gasteiger partial charge in [0, 0.05) is 18.3 Å². The minimum Gasteiger partial charge on any atom is -0.376 e. The van der Waals surface area contributed by atoms with E-state index < -0.39 is 35.4 Å². The molecule has 166 valence electrons. The van der Waals surface area contributed by atoms with E-state index in [9.17, 15) is 27.1 Å². The van der Waals surface area contributed by atoms with Gasteiger partial charge in [-0.25, -0.2) is 18.7 Å². The minimum atomic E-state index is -4.91. The van der Waals surface area contributed by atoms with Gasteiger partial charge in [0.2, 0.25) is 0 Å². The quantitative estimate of drug-likeness (QED) is 0.541. The second-order valence-corrected chi connectivity index (χ2v) is 7.65. The molecule has 0 spiro atoms. The number of aliphatic hydroxyl groups is 1. The van der Waals surface area contributed by atoms with Gasteiger partial charge in [0.1, 0.15) is 23.3 Å². The van der Waals surface area contributed by atoms with Crippen LogP contribution in [0.3, 0.4) is 0 Å². The summed E-state index contributed by atoms with van der Waals surface area (Å²) in [4.78, 5) is 8.29. The van der Waals surface area contributed by atoms with E-state index >= 15 is 0 Å². The Morgan fingerprint density at radius 3 is 2.71 bits per heavy atom. The van der Waals surface area contributed by atoms with Crippen molar-refractivity contribution in [2.75, 3.05) is 18.4 Å². The second-order valence-electron chi connectivity index (χ2n) is 7.65. The van der Waals surface area contributed by atoms with E-state index in [1.807, 2.05) is 0 Å². The number of nitrogens with one attached hydrogen (secondary N) is 2. The largest absolute Gasteiger partial charge is 0.421 e. The molecule has 3 N–H and O–H groups in total. The SMILES string of the molecule is C[C@](O)(c1ccc2ncc(-c3nc(N[C@H]4CNCC[C@@H]4F)ccc3F)n2c1)C(F)(F)F. The third-order valence-electron chi connectivity index (χ3n) is 5.44. The lowest BCUT2D eigenvalue weighted by molar-refractivity contribution is -0.259. The zero-order valence-corrected chi connectivity index (χ0v) is 16.4. The molecule has 31 heavy (non-hydrogen) atoms. The van der Waals surface area contributed by atoms with Crippen molar-refractivity contribution in [3.63, 3.8) is 0 Å². The zero-order valence-electron chi connectivity index (χ0n) is 16.4. The zero-order chi connectivity index (χ0) is 22.4. The number of hydrogen-bond acceptors (Lipinski definition) is 5. The highest BCUT2D eigenvalue weighted by Gasteiger charge is 2.51. The highest BCUT2D eigenvalue weighted by atomic mass is 19.4. The average molecular weight is 441 g/mol. The highest BCUT2D eigenvalue weighted by Crippen LogP contribution is 2.39. The van der Waals surface area contributed by atoms with E-state index in [0.717, 1.165) is 18.3 Å². The van der Waals surface area contributed by atoms with E-state index in [-0.39, 0.29) is 22.9 Å². The Morgan fingerprint density at radius 2 is 2.00 bits per heavy atom. The van der Waals surface area contributed by atoms with E-state index in [1.54, 1.807) is 0 Å². The van der Waals surface area contributed by atoms with Crippen molar-refractivity contribution in [1.29, 1.82) is 0 Å². The first-order valence-electron chi connectivity index (χ1n) is 9.63. The summed E-state index contributed by atoms with van der Waals surface area (Å²) in [5, 5.41) is 16.0. The first kappa shape index (κ1) is 21.4. The molecular weight excluding hydrogens is 421 g/mol. The van der Waals surface area contributed by atoms with Gasteiger partial charge in [0.05, 0.1) is 17.9 Å². The topological polar surface area (TPSA) is 74.5 Å². The fourth-order valence-electron chi connectivity index (χ4n) is 3.47. The standard InChI is InChI=1S/C20H20F5N5O/c1-19(31,20(23,24)25)11-2-5-17-27-9-15(30(17)10-11)18-13(22)3-4-16(29-18)28-14-8-26-7-6-12(14)21/h2-5,9-10,12,14,26,31H,6-8H2,1H3,(H,28,29)/t12-,14-,19-/m0/s1. The maximum atomic E-state index is 14.6. The van der Waals surface area contributed by atoms with Crippen LogP contribution in [0.2, 0.25) is 0 Å². The van der Waals surface area contributed by atoms with E-state index in [1.165, 1.54) is 22.7 Å². The molecule has 4 heterocycles. The summed E-state index contributed by atoms with van der Waals surface area (Å²) in [6, 6.07) is 4.36. The van der Waals surface area contributed by atoms with Gasteiger partial charge in [-0.1, -0.05) is 6.07 Å². The van der Waals surface area contributed by atoms with Crippen molar-refractivity contribution in [2.45, 2.75) is 37.3 Å². The Morgan fingerprint density at radius 1 is 1.23 bits per heavy atom. The molecule has 6 nitrogen and oxygen atoms in total. The number of halogens is 5. The fraction of sp³-hybridized carbons (Fsp3) is 0.400. The van der Waals surface area contributed by atoms with Crippen LogP contribution in [0.4, 0.5) is 27.8 Å². The fourth-order valence-corrected chi connectivity index (χ4v) is 3.47. The van der Waals surface area contributed by atoms with Gasteiger partial charge in [0.25, 0.3) is 0 Å². The Balaban J connectivity index is 1.74. The van der Waals surface area contributed by atoms with Crippen molar-refractivity contribution < 1.29 is 27.1 Å². The van der Waals surface area contributed by atoms with E-state index in [2.05, 4.69) is 20.6 Å². The molecule has 0 aliphatic carbocycles. The van der Waals surface area contributed by atoms with Crippen molar-refractivity contribution in [3.05, 3.63) is 48.0 Å². The molecule has 0 bridgehead atoms. The molecule has 0 amide bonds. The summed E-state index contributed by atoms with van der Waals surface area (Å²) in [7, 11) is 0. The lowest BCUT2D eigenvalue weighted by Crippen LogP contribution is -2.46. The van der Waals surface area contributed by atoms with Gasteiger partial charge in [-0.3, -0.25) is 4.40 Å². The smallest absolute Gasteiger partial charge is 0.376 e. The van der Waals surface area contributed by atoms with Crippen molar-refractivity contribution in [3.8, 4) is 11.4 Å². The van der Waals surface area contributed by atoms with Crippen LogP contribution in [-0.4, -0.2) is 51.0 Å². The number of aromatic nitrogens is 3. The maximum Gasteiger partial charge on any atom is 0.421 e. The molecule has 1 fully saturated rings. The molecule has 0 aromatic carbocycles. The number of imidazole rings is 1. The number of anilines is 1. The Kier molecular flexibility index (Phi) is 5.34. The van der Waals surface area contributed by atoms with Crippen LogP contribution in [0, 0.1) is 5.82 Å². The van der Waals surface area contributed by atoms with Crippen LogP contribution in [0.25, 0.3) is 17.0 Å². The van der Waals surface area contributed by atoms with Crippen LogP contribution in [0.5, 0.6) is 0 Å². The summed E-state index contributed by atoms with van der Waals surface area (Å²) < 4.78 is 69.7. The summed E-state index contributed by atoms with van der Waals surface area (Å²) >= 11 is 0. The van der Waals surface area contributed by atoms with E-state index in [4.69, 9.17) is 0 Å². The monoisotopic (exact) mass is 441 g/mol. The second kappa shape index (κ2) is 7.72. The number of hydrogen-bond donors (Lipinski definition) is 3. The number of fused-ring (bicyclic) bond motifs is 1. The lowest BCUT2D eigenvalue weighted by atomic mass is 9.97. The molecule has 4 rings (SSSR count). The van der Waals surface area contributed by atoms with Crippen LogP contribution >= 0.6 is 0 Å². The minimum absolute atomic E-state index is 0.0922. The molecule has 3 atom stereocenters. The predicted molar refractivity (Wildman–Crippen MR) is 104 cm³/mol. The van der Waals surface area contributed by atoms with Gasteiger partial charge < -0.3 is 15.7 Å². The van der Waals surface area contributed by atoms with Crippen LogP contribution in [0.1, 0.15) is 18.9 Å². The molecule has 0 radical (unpaired) electrons. The van der Waals surface area contributed by atoms with Crippen molar-refractivity contribution in [1.82, 2.24) is 19.7 Å². The molecular formula is C20H20F5N5O. The first-order chi connectivity index (χ1) is 14.6. The molecule has 0 saturated carbocycles. The van der Waals surface area contributed by atoms with Gasteiger partial charge in [-0.15, -0.1) is 0 Å². The Hall–Kier alpha value is -2.79. The Bertz CT molecular complexity index is 1100. The number of rotatable bonds is 4. The van der Waals surface area contributed by atoms with Gasteiger partial charge >= 0.3 is 6.18 Å². The lowest BCUT2D eigenvalue weighted by Gasteiger charge is -2.28. The normalized spacial score (nSPS) is 21.8. The van der Waals surface area contributed by atoms with Crippen LogP contribution in [-0.2, 0) is 5.60 Å². The Labute approximate surface area is 174 Å². The average Bonchev–Trinajstić information content (AvgIpc) is 3.13. The molecule has 1 aliphatic rings. The summed E-state index contributed by atoms with van der Waals surface area (Å²) in [5.74, 6) is -0.500. The molecule has 3 aromatic heterocycles. The first-order valence-corrected chi connectivity index (χ1v) is 9.63. The van der Waals surface area contributed by atoms with Gasteiger partial charge in [0.15, 0.2) is 11.4 Å². The van der Waals surface area contributed by atoms with Gasteiger partial charge in [-0.05, 0) is 38.1 Å². The number of alkyl halides is 4. The van der Waals surface area contributed by atoms with Crippen LogP contribution in [0.15, 0.2) is 36.7 Å². The number of pyridine rings is 2. The molecule has 0 unspecified atom stereocenters.